The van der Waals surface area contributed by atoms with Crippen LogP contribution < -0.4 is 19.6 Å². The molecule has 0 amide bonds. The fourth-order valence-corrected chi connectivity index (χ4v) is 3.70. The summed E-state index contributed by atoms with van der Waals surface area (Å²) >= 11 is 0. The molecule has 4 rings (SSSR count). The van der Waals surface area contributed by atoms with E-state index in [-0.39, 0.29) is 13.0 Å². The second-order valence-electron chi connectivity index (χ2n) is 7.55. The lowest BCUT2D eigenvalue weighted by Gasteiger charge is -2.36. The normalized spacial score (nSPS) is 10.6. The largest absolute Gasteiger partial charge is 0.550 e. The van der Waals surface area contributed by atoms with Crippen molar-refractivity contribution < 1.29 is 29.1 Å². The molecule has 0 aliphatic carbocycles. The highest BCUT2D eigenvalue weighted by molar-refractivity contribution is 5.64. The van der Waals surface area contributed by atoms with Gasteiger partial charge in [0.25, 0.3) is 0 Å². The van der Waals surface area contributed by atoms with Crippen molar-refractivity contribution in [3.05, 3.63) is 126 Å². The highest BCUT2D eigenvalue weighted by atomic mass is 16.5. The predicted octanol–water partition coefficient (Wildman–Crippen LogP) is 3.65. The van der Waals surface area contributed by atoms with Crippen molar-refractivity contribution in [2.24, 2.45) is 0 Å². The SMILES string of the molecule is COc1ccc(C(OCCC(=O)[O-])(c2ccccc2)c2ccc(OC)cc2)cc1.c1cc[nH+]cc1. The van der Waals surface area contributed by atoms with Crippen LogP contribution in [0.5, 0.6) is 11.5 Å². The highest BCUT2D eigenvalue weighted by Crippen LogP contribution is 2.41. The van der Waals surface area contributed by atoms with Crippen LogP contribution in [0.2, 0.25) is 0 Å². The van der Waals surface area contributed by atoms with Gasteiger partial charge in [-0.3, -0.25) is 0 Å². The van der Waals surface area contributed by atoms with Gasteiger partial charge in [0.15, 0.2) is 12.4 Å². The number of carboxylic acids is 1. The number of aromatic amines is 1. The van der Waals surface area contributed by atoms with Crippen LogP contribution in [-0.4, -0.2) is 26.8 Å². The number of hydrogen-bond donors (Lipinski definition) is 0. The molecule has 1 heterocycles. The lowest BCUT2D eigenvalue weighted by atomic mass is 9.80. The summed E-state index contributed by atoms with van der Waals surface area (Å²) in [5.41, 5.74) is 1.59. The van der Waals surface area contributed by atoms with E-state index in [2.05, 4.69) is 4.98 Å². The zero-order valence-corrected chi connectivity index (χ0v) is 19.8. The minimum Gasteiger partial charge on any atom is -0.550 e. The maximum Gasteiger partial charge on any atom is 0.166 e. The third-order valence-electron chi connectivity index (χ3n) is 5.41. The first-order valence-corrected chi connectivity index (χ1v) is 11.2. The number of aromatic nitrogens is 1. The Bertz CT molecular complexity index is 1070. The molecule has 0 atom stereocenters. The summed E-state index contributed by atoms with van der Waals surface area (Å²) in [7, 11) is 3.22. The molecule has 6 heteroatoms. The Labute approximate surface area is 205 Å². The Morgan fingerprint density at radius 2 is 1.17 bits per heavy atom. The zero-order chi connectivity index (χ0) is 24.9. The van der Waals surface area contributed by atoms with Crippen molar-refractivity contribution in [2.45, 2.75) is 12.0 Å². The van der Waals surface area contributed by atoms with E-state index in [9.17, 15) is 9.90 Å². The molecule has 180 valence electrons. The van der Waals surface area contributed by atoms with E-state index in [0.29, 0.717) is 0 Å². The van der Waals surface area contributed by atoms with Gasteiger partial charge in [-0.05, 0) is 41.0 Å². The van der Waals surface area contributed by atoms with Gasteiger partial charge >= 0.3 is 0 Å². The molecule has 0 bridgehead atoms. The lowest BCUT2D eigenvalue weighted by molar-refractivity contribution is -0.378. The Morgan fingerprint density at radius 1 is 0.714 bits per heavy atom. The summed E-state index contributed by atoms with van der Waals surface area (Å²) in [5.74, 6) is 0.289. The van der Waals surface area contributed by atoms with Crippen molar-refractivity contribution in [1.29, 1.82) is 0 Å². The quantitative estimate of drug-likeness (QED) is 0.348. The number of carboxylic acid groups (broad SMARTS) is 1. The maximum atomic E-state index is 11.0. The van der Waals surface area contributed by atoms with E-state index in [0.717, 1.165) is 28.2 Å². The molecular formula is C29H29NO5. The number of methoxy groups -OCH3 is 2. The van der Waals surface area contributed by atoms with Crippen molar-refractivity contribution >= 4 is 5.97 Å². The summed E-state index contributed by atoms with van der Waals surface area (Å²) in [6.07, 6.45) is 3.54. The zero-order valence-electron chi connectivity index (χ0n) is 19.8. The van der Waals surface area contributed by atoms with Gasteiger partial charge in [-0.15, -0.1) is 0 Å². The molecule has 3 aromatic carbocycles. The molecule has 0 radical (unpaired) electrons. The van der Waals surface area contributed by atoms with Crippen LogP contribution in [0.1, 0.15) is 23.1 Å². The number of hydrogen-bond acceptors (Lipinski definition) is 5. The second kappa shape index (κ2) is 12.9. The molecule has 0 aliphatic rings. The molecule has 35 heavy (non-hydrogen) atoms. The van der Waals surface area contributed by atoms with Crippen molar-refractivity contribution in [3.63, 3.8) is 0 Å². The monoisotopic (exact) mass is 471 g/mol. The van der Waals surface area contributed by atoms with Gasteiger partial charge in [0.2, 0.25) is 0 Å². The number of carbonyl (C=O) groups excluding carboxylic acids is 1. The average molecular weight is 472 g/mol. The molecule has 1 aromatic heterocycles. The van der Waals surface area contributed by atoms with Crippen LogP contribution in [-0.2, 0) is 15.1 Å². The summed E-state index contributed by atoms with van der Waals surface area (Å²) in [4.78, 5) is 13.9. The molecule has 1 N–H and O–H groups in total. The molecular weight excluding hydrogens is 442 g/mol. The summed E-state index contributed by atoms with van der Waals surface area (Å²) in [5, 5.41) is 11.0. The van der Waals surface area contributed by atoms with E-state index in [1.54, 1.807) is 14.2 Å². The van der Waals surface area contributed by atoms with Gasteiger partial charge in [-0.1, -0.05) is 60.7 Å². The Hall–Kier alpha value is -4.16. The van der Waals surface area contributed by atoms with Crippen LogP contribution in [0.4, 0.5) is 0 Å². The third-order valence-corrected chi connectivity index (χ3v) is 5.41. The number of aliphatic carboxylic acids is 1. The van der Waals surface area contributed by atoms with E-state index >= 15 is 0 Å². The van der Waals surface area contributed by atoms with Crippen LogP contribution >= 0.6 is 0 Å². The fraction of sp³-hybridized carbons (Fsp3) is 0.172. The molecule has 0 unspecified atom stereocenters. The minimum atomic E-state index is -1.16. The number of rotatable bonds is 9. The Morgan fingerprint density at radius 3 is 1.54 bits per heavy atom. The summed E-state index contributed by atoms with van der Waals surface area (Å²) in [6.45, 7) is -0.00468. The van der Waals surface area contributed by atoms with E-state index < -0.39 is 11.6 Å². The van der Waals surface area contributed by atoms with Gasteiger partial charge in [0, 0.05) is 24.5 Å². The standard InChI is InChI=1S/C24H24O5.C5H5N/c1-27-21-12-8-19(9-13-21)24(29-17-16-23(25)26,18-6-4-3-5-7-18)20-10-14-22(28-2)15-11-20;1-2-4-6-5-3-1/h3-15H,16-17H2,1-2H3,(H,25,26);1-5H. The molecule has 0 spiro atoms. The van der Waals surface area contributed by atoms with Gasteiger partial charge in [-0.25, -0.2) is 4.98 Å². The van der Waals surface area contributed by atoms with Gasteiger partial charge < -0.3 is 24.1 Å². The van der Waals surface area contributed by atoms with Crippen LogP contribution in [0.15, 0.2) is 109 Å². The first-order valence-electron chi connectivity index (χ1n) is 11.2. The summed E-state index contributed by atoms with van der Waals surface area (Å²) < 4.78 is 16.9. The van der Waals surface area contributed by atoms with E-state index in [1.807, 2.05) is 109 Å². The highest BCUT2D eigenvalue weighted by Gasteiger charge is 2.37. The Balaban J connectivity index is 0.000000497. The van der Waals surface area contributed by atoms with Crippen LogP contribution in [0.25, 0.3) is 0 Å². The van der Waals surface area contributed by atoms with Gasteiger partial charge in [0.1, 0.15) is 17.1 Å². The summed E-state index contributed by atoms with van der Waals surface area (Å²) in [6, 6.07) is 30.7. The van der Waals surface area contributed by atoms with Crippen LogP contribution in [0.3, 0.4) is 0 Å². The number of benzene rings is 3. The molecule has 0 saturated carbocycles. The minimum absolute atomic E-state index is 0.00468. The average Bonchev–Trinajstić information content (AvgIpc) is 2.93. The second-order valence-corrected chi connectivity index (χ2v) is 7.55. The number of carbonyl (C=O) groups is 1. The number of nitrogens with one attached hydrogen (secondary N) is 1. The molecule has 0 fully saturated rings. The number of H-pyrrole nitrogens is 1. The van der Waals surface area contributed by atoms with Crippen LogP contribution in [0, 0.1) is 0 Å². The number of pyridine rings is 1. The van der Waals surface area contributed by atoms with Gasteiger partial charge in [0.05, 0.1) is 20.8 Å². The van der Waals surface area contributed by atoms with Crippen molar-refractivity contribution in [2.75, 3.05) is 20.8 Å². The molecule has 4 aromatic rings. The fourth-order valence-electron chi connectivity index (χ4n) is 3.70. The molecule has 6 nitrogen and oxygen atoms in total. The van der Waals surface area contributed by atoms with Gasteiger partial charge in [-0.2, -0.15) is 0 Å². The Kier molecular flexibility index (Phi) is 9.39. The van der Waals surface area contributed by atoms with Crippen molar-refractivity contribution in [1.82, 2.24) is 0 Å². The van der Waals surface area contributed by atoms with E-state index in [4.69, 9.17) is 14.2 Å². The molecule has 0 saturated heterocycles. The maximum absolute atomic E-state index is 11.0. The number of ether oxygens (including phenoxy) is 3. The van der Waals surface area contributed by atoms with Crippen molar-refractivity contribution in [3.8, 4) is 11.5 Å². The lowest BCUT2D eigenvalue weighted by Crippen LogP contribution is -2.35. The smallest absolute Gasteiger partial charge is 0.166 e. The topological polar surface area (TPSA) is 82.0 Å². The predicted molar refractivity (Wildman–Crippen MR) is 131 cm³/mol. The first kappa shape index (κ1) is 25.5. The first-order chi connectivity index (χ1) is 17.1. The third kappa shape index (κ3) is 6.68. The van der Waals surface area contributed by atoms with E-state index in [1.165, 1.54) is 0 Å². The molecule has 0 aliphatic heterocycles.